The van der Waals surface area contributed by atoms with E-state index in [1.165, 1.54) is 6.20 Å². The van der Waals surface area contributed by atoms with E-state index in [1.807, 2.05) is 24.3 Å². The number of amides is 1. The van der Waals surface area contributed by atoms with Crippen molar-refractivity contribution in [3.05, 3.63) is 36.3 Å². The number of hydrogen-bond donors (Lipinski definition) is 3. The van der Waals surface area contributed by atoms with Crippen molar-refractivity contribution < 1.29 is 14.3 Å². The Labute approximate surface area is 182 Å². The third-order valence-electron chi connectivity index (χ3n) is 6.16. The van der Waals surface area contributed by atoms with E-state index in [0.717, 1.165) is 57.3 Å². The molecule has 4 rings (SSSR count). The molecule has 0 bridgehead atoms. The molecule has 1 aliphatic carbocycles. The zero-order chi connectivity index (χ0) is 21.8. The van der Waals surface area contributed by atoms with E-state index < -0.39 is 5.82 Å². The van der Waals surface area contributed by atoms with Crippen LogP contribution in [-0.4, -0.2) is 52.3 Å². The summed E-state index contributed by atoms with van der Waals surface area (Å²) in [7, 11) is 0. The lowest BCUT2D eigenvalue weighted by Gasteiger charge is -2.31. The summed E-state index contributed by atoms with van der Waals surface area (Å²) < 4.78 is 14.6. The summed E-state index contributed by atoms with van der Waals surface area (Å²) >= 11 is 0. The van der Waals surface area contributed by atoms with Crippen molar-refractivity contribution in [2.24, 2.45) is 0 Å². The molecule has 2 heterocycles. The molecule has 2 fully saturated rings. The third kappa shape index (κ3) is 5.50. The molecule has 1 saturated carbocycles. The number of carbonyl (C=O) groups excluding carboxylic acids is 1. The van der Waals surface area contributed by atoms with Crippen molar-refractivity contribution in [3.63, 3.8) is 0 Å². The van der Waals surface area contributed by atoms with Gasteiger partial charge in [0.1, 0.15) is 5.69 Å². The maximum atomic E-state index is 14.6. The van der Waals surface area contributed by atoms with Gasteiger partial charge in [-0.1, -0.05) is 12.1 Å². The van der Waals surface area contributed by atoms with Crippen molar-refractivity contribution in [3.8, 4) is 11.3 Å². The summed E-state index contributed by atoms with van der Waals surface area (Å²) in [6.45, 7) is 3.11. The lowest BCUT2D eigenvalue weighted by molar-refractivity contribution is -0.119. The van der Waals surface area contributed by atoms with Gasteiger partial charge in [-0.05, 0) is 50.7 Å². The predicted molar refractivity (Wildman–Crippen MR) is 118 cm³/mol. The van der Waals surface area contributed by atoms with Crippen LogP contribution in [0.15, 0.2) is 30.5 Å². The molecule has 0 radical (unpaired) electrons. The smallest absolute Gasteiger partial charge is 0.223 e. The van der Waals surface area contributed by atoms with Crippen LogP contribution in [0.4, 0.5) is 16.0 Å². The fourth-order valence-electron chi connectivity index (χ4n) is 4.47. The fourth-order valence-corrected chi connectivity index (χ4v) is 4.47. The molecule has 1 saturated heterocycles. The maximum Gasteiger partial charge on any atom is 0.223 e. The summed E-state index contributed by atoms with van der Waals surface area (Å²) in [6.07, 6.45) is 6.07. The molecule has 8 heteroatoms. The molecule has 1 aliphatic heterocycles. The van der Waals surface area contributed by atoms with Crippen molar-refractivity contribution in [2.45, 2.75) is 63.6 Å². The van der Waals surface area contributed by atoms with Crippen molar-refractivity contribution in [2.75, 3.05) is 23.3 Å². The van der Waals surface area contributed by atoms with Crippen LogP contribution in [0.5, 0.6) is 0 Å². The van der Waals surface area contributed by atoms with E-state index in [0.29, 0.717) is 11.5 Å². The second-order valence-electron chi connectivity index (χ2n) is 8.55. The average Bonchev–Trinajstić information content (AvgIpc) is 2.77. The standard InChI is InChI=1S/C23H30FN5O2/c1-15(30)26-17-5-7-18(8-6-17)27-23-25-14-21(24)22(28-23)16-3-2-4-19(13-16)29-11-9-20(31)10-12-29/h2-4,13-14,17-18,20,31H,5-12H2,1H3,(H,26,30)(H,25,27,28)/t17-,18-. The van der Waals surface area contributed by atoms with Crippen LogP contribution in [-0.2, 0) is 4.79 Å². The minimum absolute atomic E-state index is 0.00545. The van der Waals surface area contributed by atoms with Crippen LogP contribution < -0.4 is 15.5 Å². The molecule has 7 nitrogen and oxygen atoms in total. The summed E-state index contributed by atoms with van der Waals surface area (Å²) in [5.41, 5.74) is 2.00. The highest BCUT2D eigenvalue weighted by Gasteiger charge is 2.23. The van der Waals surface area contributed by atoms with Crippen LogP contribution in [0, 0.1) is 5.82 Å². The number of anilines is 2. The molecular weight excluding hydrogens is 397 g/mol. The van der Waals surface area contributed by atoms with Crippen molar-refractivity contribution in [1.29, 1.82) is 0 Å². The first-order valence-electron chi connectivity index (χ1n) is 11.1. The molecule has 1 amide bonds. The van der Waals surface area contributed by atoms with Crippen LogP contribution in [0.1, 0.15) is 45.4 Å². The molecule has 0 spiro atoms. The van der Waals surface area contributed by atoms with Crippen LogP contribution in [0.2, 0.25) is 0 Å². The van der Waals surface area contributed by atoms with Gasteiger partial charge >= 0.3 is 0 Å². The van der Waals surface area contributed by atoms with Crippen LogP contribution >= 0.6 is 0 Å². The largest absolute Gasteiger partial charge is 0.393 e. The number of carbonyl (C=O) groups is 1. The normalized spacial score (nSPS) is 22.2. The SMILES string of the molecule is CC(=O)N[C@H]1CC[C@H](Nc2ncc(F)c(-c3cccc(N4CCC(O)CC4)c3)n2)CC1. The van der Waals surface area contributed by atoms with E-state index in [-0.39, 0.29) is 29.8 Å². The second-order valence-corrected chi connectivity index (χ2v) is 8.55. The van der Waals surface area contributed by atoms with E-state index in [9.17, 15) is 14.3 Å². The van der Waals surface area contributed by atoms with Crippen molar-refractivity contribution >= 4 is 17.5 Å². The zero-order valence-electron chi connectivity index (χ0n) is 17.9. The first-order chi connectivity index (χ1) is 15.0. The minimum Gasteiger partial charge on any atom is -0.393 e. The number of aliphatic hydroxyl groups is 1. The van der Waals surface area contributed by atoms with Crippen LogP contribution in [0.3, 0.4) is 0 Å². The van der Waals surface area contributed by atoms with Gasteiger partial charge in [0.15, 0.2) is 5.82 Å². The Kier molecular flexibility index (Phi) is 6.65. The minimum atomic E-state index is -0.453. The molecule has 31 heavy (non-hydrogen) atoms. The number of halogens is 1. The monoisotopic (exact) mass is 427 g/mol. The van der Waals surface area contributed by atoms with Gasteiger partial charge < -0.3 is 20.6 Å². The molecule has 0 atom stereocenters. The number of nitrogens with zero attached hydrogens (tertiary/aromatic N) is 3. The zero-order valence-corrected chi connectivity index (χ0v) is 17.9. The topological polar surface area (TPSA) is 90.4 Å². The van der Waals surface area contributed by atoms with Gasteiger partial charge in [-0.2, -0.15) is 0 Å². The Balaban J connectivity index is 1.45. The Morgan fingerprint density at radius 2 is 1.84 bits per heavy atom. The van der Waals surface area contributed by atoms with Crippen molar-refractivity contribution in [1.82, 2.24) is 15.3 Å². The van der Waals surface area contributed by atoms with Gasteiger partial charge in [0.25, 0.3) is 0 Å². The number of aliphatic hydroxyl groups excluding tert-OH is 1. The molecule has 2 aliphatic rings. The number of nitrogens with one attached hydrogen (secondary N) is 2. The number of piperidine rings is 1. The molecule has 166 valence electrons. The Morgan fingerprint density at radius 3 is 2.55 bits per heavy atom. The Morgan fingerprint density at radius 1 is 1.13 bits per heavy atom. The van der Waals surface area contributed by atoms with Gasteiger partial charge in [0.05, 0.1) is 12.3 Å². The lowest BCUT2D eigenvalue weighted by Crippen LogP contribution is -2.39. The van der Waals surface area contributed by atoms with E-state index in [4.69, 9.17) is 0 Å². The van der Waals surface area contributed by atoms with Gasteiger partial charge in [-0.25, -0.2) is 14.4 Å². The van der Waals surface area contributed by atoms with Gasteiger partial charge in [-0.15, -0.1) is 0 Å². The lowest BCUT2D eigenvalue weighted by atomic mass is 9.91. The highest BCUT2D eigenvalue weighted by atomic mass is 19.1. The molecule has 3 N–H and O–H groups in total. The average molecular weight is 428 g/mol. The van der Waals surface area contributed by atoms with E-state index in [1.54, 1.807) is 6.92 Å². The molecule has 2 aromatic rings. The number of benzene rings is 1. The number of aromatic nitrogens is 2. The van der Waals surface area contributed by atoms with E-state index >= 15 is 0 Å². The highest BCUT2D eigenvalue weighted by Crippen LogP contribution is 2.28. The van der Waals surface area contributed by atoms with Gasteiger partial charge in [-0.3, -0.25) is 4.79 Å². The summed E-state index contributed by atoms with van der Waals surface area (Å²) in [6, 6.07) is 8.15. The van der Waals surface area contributed by atoms with E-state index in [2.05, 4.69) is 25.5 Å². The predicted octanol–water partition coefficient (Wildman–Crippen LogP) is 3.10. The quantitative estimate of drug-likeness (QED) is 0.679. The first kappa shape index (κ1) is 21.5. The fraction of sp³-hybridized carbons (Fsp3) is 0.522. The highest BCUT2D eigenvalue weighted by molar-refractivity contribution is 5.73. The summed E-state index contributed by atoms with van der Waals surface area (Å²) in [4.78, 5) is 22.1. The van der Waals surface area contributed by atoms with Gasteiger partial charge in [0, 0.05) is 43.3 Å². The van der Waals surface area contributed by atoms with Crippen LogP contribution in [0.25, 0.3) is 11.3 Å². The first-order valence-corrected chi connectivity index (χ1v) is 11.1. The summed E-state index contributed by atoms with van der Waals surface area (Å²) in [5.74, 6) is -0.0251. The van der Waals surface area contributed by atoms with Gasteiger partial charge in [0.2, 0.25) is 11.9 Å². The third-order valence-corrected chi connectivity index (χ3v) is 6.16. The molecule has 1 aromatic heterocycles. The Bertz CT molecular complexity index is 909. The molecule has 0 unspecified atom stereocenters. The second kappa shape index (κ2) is 9.60. The number of hydrogen-bond acceptors (Lipinski definition) is 6. The molecule has 1 aromatic carbocycles. The number of rotatable bonds is 5. The Hall–Kier alpha value is -2.74. The molecular formula is C23H30FN5O2. The summed E-state index contributed by atoms with van der Waals surface area (Å²) in [5, 5.41) is 16.1. The maximum absolute atomic E-state index is 14.6.